The van der Waals surface area contributed by atoms with E-state index in [4.69, 9.17) is 4.74 Å². The summed E-state index contributed by atoms with van der Waals surface area (Å²) in [7, 11) is -4.97. The summed E-state index contributed by atoms with van der Waals surface area (Å²) in [5, 5.41) is 9.74. The molecular weight excluding hydrogens is 423 g/mol. The average Bonchev–Trinajstić information content (AvgIpc) is 2.54. The Balaban J connectivity index is 0.00000338. The smallest absolute Gasteiger partial charge is 0.810 e. The number of hydrogen-bond acceptors (Lipinski definition) is 6. The van der Waals surface area contributed by atoms with Crippen LogP contribution in [0, 0.1) is 0 Å². The molecule has 0 aliphatic carbocycles. The summed E-state index contributed by atoms with van der Waals surface area (Å²) in [6, 6.07) is 16.7. The van der Waals surface area contributed by atoms with Crippen molar-refractivity contribution in [3.63, 3.8) is 0 Å². The number of carbonyl (C=O) groups excluding carboxylic acids is 1. The Morgan fingerprint density at radius 3 is 2.30 bits per heavy atom. The molecule has 1 amide bonds. The Morgan fingerprint density at radius 2 is 1.67 bits per heavy atom. The van der Waals surface area contributed by atoms with Crippen molar-refractivity contribution in [3.8, 4) is 11.5 Å². The van der Waals surface area contributed by atoms with Gasteiger partial charge in [-0.25, -0.2) is 5.06 Å². The zero-order valence-corrected chi connectivity index (χ0v) is 22.5. The van der Waals surface area contributed by atoms with E-state index in [1.807, 2.05) is 54.6 Å². The SMILES string of the molecule is O=C(CP(=O)([O-])[O-])N(O)CCCc1cccc(Oc2ccccc2)c1.[K+].[K+]. The standard InChI is InChI=1S/C17H20NO6P.2K/c19-17(13-25(21,22)23)18(20)11-5-7-14-6-4-10-16(12-14)24-15-8-2-1-3-9-15;;/h1-4,6,8-10,12,20H,5,7,11,13H2,(H2,21,22,23);;/q;2*+1/p-2. The van der Waals surface area contributed by atoms with E-state index >= 15 is 0 Å². The van der Waals surface area contributed by atoms with Gasteiger partial charge in [0.05, 0.1) is 6.16 Å². The van der Waals surface area contributed by atoms with Gasteiger partial charge in [-0.15, -0.1) is 0 Å². The Bertz CT molecular complexity index is 756. The third-order valence-corrected chi connectivity index (χ3v) is 3.99. The number of hydroxylamine groups is 2. The predicted octanol–water partition coefficient (Wildman–Crippen LogP) is -4.45. The fourth-order valence-corrected chi connectivity index (χ4v) is 2.69. The van der Waals surface area contributed by atoms with Crippen LogP contribution in [-0.2, 0) is 15.8 Å². The molecule has 2 aromatic carbocycles. The first-order chi connectivity index (χ1) is 11.8. The number of benzene rings is 2. The summed E-state index contributed by atoms with van der Waals surface area (Å²) in [6.07, 6.45) is -0.272. The minimum Gasteiger partial charge on any atom is -0.810 e. The van der Waals surface area contributed by atoms with Crippen LogP contribution in [0.4, 0.5) is 0 Å². The van der Waals surface area contributed by atoms with Gasteiger partial charge in [-0.1, -0.05) is 37.9 Å². The minimum absolute atomic E-state index is 0. The molecule has 0 spiro atoms. The molecule has 0 fully saturated rings. The summed E-state index contributed by atoms with van der Waals surface area (Å²) in [5.74, 6) is 0.264. The summed E-state index contributed by atoms with van der Waals surface area (Å²) in [5.41, 5.74) is 0.938. The number of nitrogens with zero attached hydrogens (tertiary/aromatic N) is 1. The molecule has 0 aliphatic rings. The molecule has 134 valence electrons. The number of aryl methyl sites for hydroxylation is 1. The largest absolute Gasteiger partial charge is 1.00 e. The van der Waals surface area contributed by atoms with E-state index in [2.05, 4.69) is 0 Å². The van der Waals surface area contributed by atoms with E-state index in [1.54, 1.807) is 0 Å². The van der Waals surface area contributed by atoms with Crippen molar-refractivity contribution in [2.45, 2.75) is 12.8 Å². The summed E-state index contributed by atoms with van der Waals surface area (Å²) in [6.45, 7) is -0.0669. The third kappa shape index (κ3) is 11.8. The van der Waals surface area contributed by atoms with E-state index in [-0.39, 0.29) is 114 Å². The molecule has 0 aromatic heterocycles. The minimum atomic E-state index is -4.97. The van der Waals surface area contributed by atoms with Crippen molar-refractivity contribution in [1.82, 2.24) is 5.06 Å². The number of rotatable bonds is 8. The summed E-state index contributed by atoms with van der Waals surface area (Å²) >= 11 is 0. The molecule has 2 aromatic rings. The van der Waals surface area contributed by atoms with Gasteiger partial charge >= 0.3 is 103 Å². The van der Waals surface area contributed by atoms with Crippen molar-refractivity contribution in [2.24, 2.45) is 0 Å². The van der Waals surface area contributed by atoms with Crippen molar-refractivity contribution < 1.29 is 132 Å². The quantitative estimate of drug-likeness (QED) is 0.191. The normalized spacial score (nSPS) is 10.3. The van der Waals surface area contributed by atoms with E-state index in [1.165, 1.54) is 0 Å². The van der Waals surface area contributed by atoms with E-state index in [0.717, 1.165) is 5.56 Å². The van der Waals surface area contributed by atoms with Gasteiger partial charge in [-0.3, -0.25) is 10.0 Å². The van der Waals surface area contributed by atoms with Crippen LogP contribution in [0.5, 0.6) is 11.5 Å². The first kappa shape index (κ1) is 28.1. The first-order valence-corrected chi connectivity index (χ1v) is 9.38. The second-order valence-corrected chi connectivity index (χ2v) is 6.99. The number of para-hydroxylation sites is 1. The number of carbonyl (C=O) groups is 1. The molecule has 7 nitrogen and oxygen atoms in total. The van der Waals surface area contributed by atoms with Crippen LogP contribution in [0.25, 0.3) is 0 Å². The van der Waals surface area contributed by atoms with Gasteiger partial charge in [-0.05, 0) is 42.7 Å². The van der Waals surface area contributed by atoms with Crippen molar-refractivity contribution >= 4 is 13.5 Å². The Kier molecular flexibility index (Phi) is 14.7. The number of ether oxygens (including phenoxy) is 1. The fraction of sp³-hybridized carbons (Fsp3) is 0.235. The molecular formula is C17H18K2NO6P. The molecule has 2 rings (SSSR count). The van der Waals surface area contributed by atoms with Gasteiger partial charge in [-0.2, -0.15) is 0 Å². The van der Waals surface area contributed by atoms with Crippen LogP contribution >= 0.6 is 7.60 Å². The molecule has 1 N–H and O–H groups in total. The zero-order valence-electron chi connectivity index (χ0n) is 15.4. The molecule has 0 radical (unpaired) electrons. The Labute approximate surface area is 243 Å². The van der Waals surface area contributed by atoms with Crippen molar-refractivity contribution in [2.75, 3.05) is 12.7 Å². The van der Waals surface area contributed by atoms with Crippen LogP contribution < -0.4 is 117 Å². The summed E-state index contributed by atoms with van der Waals surface area (Å²) in [4.78, 5) is 32.4. The van der Waals surface area contributed by atoms with E-state index in [9.17, 15) is 24.4 Å². The number of amides is 1. The van der Waals surface area contributed by atoms with Gasteiger partial charge < -0.3 is 19.1 Å². The van der Waals surface area contributed by atoms with E-state index in [0.29, 0.717) is 24.3 Å². The maximum absolute atomic E-state index is 11.3. The van der Waals surface area contributed by atoms with Crippen LogP contribution in [0.1, 0.15) is 12.0 Å². The average molecular weight is 442 g/mol. The maximum atomic E-state index is 11.3. The zero-order chi connectivity index (χ0) is 18.3. The molecule has 0 aliphatic heterocycles. The molecule has 0 unspecified atom stereocenters. The topological polar surface area (TPSA) is 113 Å². The van der Waals surface area contributed by atoms with Crippen molar-refractivity contribution in [1.29, 1.82) is 0 Å². The van der Waals surface area contributed by atoms with Gasteiger partial charge in [0, 0.05) is 6.54 Å². The Morgan fingerprint density at radius 1 is 1.04 bits per heavy atom. The van der Waals surface area contributed by atoms with Gasteiger partial charge in [0.25, 0.3) is 5.91 Å². The third-order valence-electron chi connectivity index (χ3n) is 3.33. The second-order valence-electron chi connectivity index (χ2n) is 5.45. The number of hydrogen-bond donors (Lipinski definition) is 1. The van der Waals surface area contributed by atoms with E-state index < -0.39 is 19.7 Å². The van der Waals surface area contributed by atoms with Gasteiger partial charge in [0.1, 0.15) is 11.5 Å². The fourth-order valence-electron chi connectivity index (χ4n) is 2.19. The predicted molar refractivity (Wildman–Crippen MR) is 87.3 cm³/mol. The van der Waals surface area contributed by atoms with Crippen LogP contribution in [0.3, 0.4) is 0 Å². The monoisotopic (exact) mass is 441 g/mol. The molecule has 0 atom stereocenters. The van der Waals surface area contributed by atoms with Crippen LogP contribution in [-0.4, -0.2) is 28.9 Å². The molecule has 0 heterocycles. The van der Waals surface area contributed by atoms with Gasteiger partial charge in [0.15, 0.2) is 0 Å². The molecule has 0 saturated heterocycles. The first-order valence-electron chi connectivity index (χ1n) is 7.66. The molecule has 0 bridgehead atoms. The molecule has 27 heavy (non-hydrogen) atoms. The van der Waals surface area contributed by atoms with Gasteiger partial charge in [0.2, 0.25) is 0 Å². The molecule has 0 saturated carbocycles. The second kappa shape index (κ2) is 14.2. The van der Waals surface area contributed by atoms with Crippen LogP contribution in [0.15, 0.2) is 54.6 Å². The Hall–Kier alpha value is 1.09. The summed E-state index contributed by atoms with van der Waals surface area (Å²) < 4.78 is 16.3. The van der Waals surface area contributed by atoms with Crippen LogP contribution in [0.2, 0.25) is 0 Å². The van der Waals surface area contributed by atoms with Crippen molar-refractivity contribution in [3.05, 3.63) is 60.2 Å². The maximum Gasteiger partial charge on any atom is 1.00 e. The molecule has 10 heteroatoms.